The predicted octanol–water partition coefficient (Wildman–Crippen LogP) is 7.18. The molecule has 0 aliphatic rings. The van der Waals surface area contributed by atoms with Crippen LogP contribution in [0.4, 0.5) is 0 Å². The standard InChI is InChI=1S/C20H35NO.C10H7O2P/c1-19(2,3)14-16-9-10-17(15-20(4,5)6)18(13-16)22-12-8-7-11-21;11-13(12)10-7-3-5-8-4-1-2-6-9(8)10/h9-10,13H,7-8,11-12,14-15,21H2,1-6H3;1-7H/p+1. The number of fused-ring (bicyclic) bond motifs is 1. The van der Waals surface area contributed by atoms with E-state index in [1.807, 2.05) is 30.3 Å². The third-order valence-electron chi connectivity index (χ3n) is 5.42. The van der Waals surface area contributed by atoms with Gasteiger partial charge in [-0.05, 0) is 82.3 Å². The van der Waals surface area contributed by atoms with E-state index >= 15 is 0 Å². The molecule has 0 aliphatic heterocycles. The summed E-state index contributed by atoms with van der Waals surface area (Å²) < 4.78 is 17.0. The van der Waals surface area contributed by atoms with Crippen LogP contribution in [0.15, 0.2) is 60.7 Å². The Balaban J connectivity index is 0.000000279. The van der Waals surface area contributed by atoms with Gasteiger partial charge in [0.1, 0.15) is 5.75 Å². The number of unbranched alkanes of at least 4 members (excludes halogenated alkanes) is 1. The van der Waals surface area contributed by atoms with Crippen molar-refractivity contribution in [1.29, 1.82) is 0 Å². The van der Waals surface area contributed by atoms with Crippen LogP contribution >= 0.6 is 8.03 Å². The van der Waals surface area contributed by atoms with Gasteiger partial charge in [-0.3, -0.25) is 0 Å². The molecule has 3 N–H and O–H groups in total. The maximum absolute atomic E-state index is 11.0. The Morgan fingerprint density at radius 1 is 0.857 bits per heavy atom. The van der Waals surface area contributed by atoms with Gasteiger partial charge in [-0.15, -0.1) is 0 Å². The minimum atomic E-state index is -2.25. The molecule has 0 amide bonds. The van der Waals surface area contributed by atoms with E-state index in [-0.39, 0.29) is 5.41 Å². The van der Waals surface area contributed by atoms with Crippen molar-refractivity contribution in [2.75, 3.05) is 13.2 Å². The summed E-state index contributed by atoms with van der Waals surface area (Å²) in [6, 6.07) is 19.7. The molecule has 1 atom stereocenters. The van der Waals surface area contributed by atoms with Gasteiger partial charge in [0.05, 0.1) is 6.61 Å². The summed E-state index contributed by atoms with van der Waals surface area (Å²) in [6.07, 6.45) is 4.15. The summed E-state index contributed by atoms with van der Waals surface area (Å²) in [5, 5.41) is 2.36. The topological polar surface area (TPSA) is 72.5 Å². The van der Waals surface area contributed by atoms with E-state index in [2.05, 4.69) is 59.7 Å². The van der Waals surface area contributed by atoms with E-state index in [1.54, 1.807) is 12.1 Å². The van der Waals surface area contributed by atoms with Gasteiger partial charge in [-0.25, -0.2) is 0 Å². The maximum atomic E-state index is 11.0. The molecule has 0 saturated carbocycles. The van der Waals surface area contributed by atoms with Gasteiger partial charge < -0.3 is 10.5 Å². The van der Waals surface area contributed by atoms with Gasteiger partial charge in [-0.1, -0.05) is 84.0 Å². The largest absolute Gasteiger partial charge is 0.546 e. The Labute approximate surface area is 212 Å². The second-order valence-corrected chi connectivity index (χ2v) is 12.6. The number of benzene rings is 3. The van der Waals surface area contributed by atoms with E-state index in [0.717, 1.165) is 55.4 Å². The first-order valence-electron chi connectivity index (χ1n) is 12.5. The smallest absolute Gasteiger partial charge is 0.493 e. The van der Waals surface area contributed by atoms with Crippen molar-refractivity contribution < 1.29 is 14.2 Å². The quantitative estimate of drug-likeness (QED) is 0.256. The summed E-state index contributed by atoms with van der Waals surface area (Å²) in [5.41, 5.74) is 8.80. The van der Waals surface area contributed by atoms with Crippen molar-refractivity contribution in [3.63, 3.8) is 0 Å². The zero-order chi connectivity index (χ0) is 26.1. The minimum absolute atomic E-state index is 0.265. The highest BCUT2D eigenvalue weighted by atomic mass is 31.1. The monoisotopic (exact) mass is 496 g/mol. The lowest BCUT2D eigenvalue weighted by atomic mass is 9.85. The Bertz CT molecular complexity index is 1090. The normalized spacial score (nSPS) is 12.2. The van der Waals surface area contributed by atoms with Gasteiger partial charge in [0.25, 0.3) is 0 Å². The summed E-state index contributed by atoms with van der Waals surface area (Å²) in [6.45, 7) is 15.1. The summed E-state index contributed by atoms with van der Waals surface area (Å²) in [5.74, 6) is 1.06. The SMILES string of the molecule is CC(C)(C)Cc1ccc(CC(C)(C)C)c(OCCCCN)c1.O=[P+](O)c1cccc2ccccc12. The van der Waals surface area contributed by atoms with Crippen molar-refractivity contribution in [3.05, 3.63) is 71.8 Å². The van der Waals surface area contributed by atoms with Gasteiger partial charge in [0, 0.05) is 5.39 Å². The summed E-state index contributed by atoms with van der Waals surface area (Å²) in [7, 11) is -2.25. The fourth-order valence-corrected chi connectivity index (χ4v) is 4.60. The third kappa shape index (κ3) is 10.5. The lowest BCUT2D eigenvalue weighted by Gasteiger charge is -2.23. The Morgan fingerprint density at radius 2 is 1.51 bits per heavy atom. The molecule has 3 aromatic rings. The molecule has 0 saturated heterocycles. The number of ether oxygens (including phenoxy) is 1. The zero-order valence-corrected chi connectivity index (χ0v) is 23.2. The van der Waals surface area contributed by atoms with Crippen LogP contribution in [0.2, 0.25) is 0 Å². The average Bonchev–Trinajstić information content (AvgIpc) is 2.76. The molecule has 190 valence electrons. The van der Waals surface area contributed by atoms with Gasteiger partial charge in [0.15, 0.2) is 0 Å². The molecule has 0 spiro atoms. The molecule has 0 heterocycles. The maximum Gasteiger partial charge on any atom is 0.546 e. The molecular weight excluding hydrogens is 453 g/mol. The van der Waals surface area contributed by atoms with Gasteiger partial charge in [-0.2, -0.15) is 4.89 Å². The summed E-state index contributed by atoms with van der Waals surface area (Å²) in [4.78, 5) is 9.03. The molecule has 0 aliphatic carbocycles. The molecule has 0 fully saturated rings. The van der Waals surface area contributed by atoms with Crippen LogP contribution in [-0.4, -0.2) is 18.0 Å². The van der Waals surface area contributed by atoms with Crippen LogP contribution in [0, 0.1) is 10.8 Å². The molecule has 3 aromatic carbocycles. The van der Waals surface area contributed by atoms with Crippen molar-refractivity contribution in [1.82, 2.24) is 0 Å². The molecule has 4 nitrogen and oxygen atoms in total. The number of hydrogen-bond acceptors (Lipinski definition) is 3. The number of hydrogen-bond donors (Lipinski definition) is 2. The van der Waals surface area contributed by atoms with Crippen LogP contribution < -0.4 is 15.8 Å². The van der Waals surface area contributed by atoms with Crippen LogP contribution in [0.5, 0.6) is 5.75 Å². The van der Waals surface area contributed by atoms with Crippen LogP contribution in [0.1, 0.15) is 65.5 Å². The van der Waals surface area contributed by atoms with Gasteiger partial charge >= 0.3 is 8.03 Å². The fourth-order valence-electron chi connectivity index (χ4n) is 3.98. The Morgan fingerprint density at radius 3 is 2.14 bits per heavy atom. The molecule has 35 heavy (non-hydrogen) atoms. The first-order chi connectivity index (χ1) is 16.4. The van der Waals surface area contributed by atoms with Crippen LogP contribution in [-0.2, 0) is 17.4 Å². The number of nitrogens with two attached hydrogens (primary N) is 1. The van der Waals surface area contributed by atoms with E-state index < -0.39 is 8.03 Å². The third-order valence-corrected chi connectivity index (χ3v) is 6.22. The summed E-state index contributed by atoms with van der Waals surface area (Å²) >= 11 is 0. The second kappa shape index (κ2) is 13.2. The Hall–Kier alpha value is -2.26. The van der Waals surface area contributed by atoms with E-state index in [4.69, 9.17) is 15.4 Å². The van der Waals surface area contributed by atoms with E-state index in [1.165, 1.54) is 11.1 Å². The molecule has 5 heteroatoms. The van der Waals surface area contributed by atoms with Crippen molar-refractivity contribution in [2.45, 2.75) is 67.2 Å². The molecular formula is C30H43NO3P+. The molecule has 3 rings (SSSR count). The molecule has 0 radical (unpaired) electrons. The lowest BCUT2D eigenvalue weighted by Crippen LogP contribution is -2.13. The van der Waals surface area contributed by atoms with E-state index in [0.29, 0.717) is 10.7 Å². The highest BCUT2D eigenvalue weighted by molar-refractivity contribution is 7.48. The highest BCUT2D eigenvalue weighted by Gasteiger charge is 2.19. The molecule has 0 aromatic heterocycles. The molecule has 0 bridgehead atoms. The van der Waals surface area contributed by atoms with Gasteiger partial charge in [0.2, 0.25) is 5.30 Å². The van der Waals surface area contributed by atoms with Crippen molar-refractivity contribution in [2.24, 2.45) is 16.6 Å². The fraction of sp³-hybridized carbons (Fsp3) is 0.467. The first kappa shape index (κ1) is 29.0. The Kier molecular flexibility index (Phi) is 10.9. The van der Waals surface area contributed by atoms with Crippen molar-refractivity contribution in [3.8, 4) is 5.75 Å². The van der Waals surface area contributed by atoms with Crippen molar-refractivity contribution >= 4 is 24.1 Å². The zero-order valence-electron chi connectivity index (χ0n) is 22.3. The van der Waals surface area contributed by atoms with Crippen LogP contribution in [0.3, 0.4) is 0 Å². The average molecular weight is 497 g/mol. The number of rotatable bonds is 8. The van der Waals surface area contributed by atoms with E-state index in [9.17, 15) is 4.57 Å². The van der Waals surface area contributed by atoms with Crippen LogP contribution in [0.25, 0.3) is 10.8 Å². The molecule has 1 unspecified atom stereocenters. The first-order valence-corrected chi connectivity index (χ1v) is 13.7. The second-order valence-electron chi connectivity index (χ2n) is 11.5. The highest BCUT2D eigenvalue weighted by Crippen LogP contribution is 2.31. The minimum Gasteiger partial charge on any atom is -0.493 e. The lowest BCUT2D eigenvalue weighted by molar-refractivity contribution is 0.298. The predicted molar refractivity (Wildman–Crippen MR) is 150 cm³/mol.